The Morgan fingerprint density at radius 2 is 2.17 bits per heavy atom. The Bertz CT molecular complexity index is 876. The molecule has 0 unspecified atom stereocenters. The molecule has 0 amide bonds. The third kappa shape index (κ3) is 2.98. The second-order valence-corrected chi connectivity index (χ2v) is 5.11. The smallest absolute Gasteiger partial charge is 0.354 e. The highest BCUT2D eigenvalue weighted by Gasteiger charge is 2.17. The Balaban J connectivity index is 2.06. The van der Waals surface area contributed by atoms with Crippen LogP contribution < -0.4 is 4.74 Å². The fourth-order valence-electron chi connectivity index (χ4n) is 2.35. The highest BCUT2D eigenvalue weighted by Crippen LogP contribution is 2.31. The fraction of sp³-hybridized carbons (Fsp3) is 0.188. The Morgan fingerprint density at radius 3 is 2.91 bits per heavy atom. The topological polar surface area (TPSA) is 66.2 Å². The number of rotatable bonds is 4. The molecule has 0 atom stereocenters. The monoisotopic (exact) mass is 331 g/mol. The average molecular weight is 332 g/mol. The molecule has 3 rings (SSSR count). The number of carbonyl (C=O) groups is 1. The van der Waals surface area contributed by atoms with Crippen molar-refractivity contribution in [3.05, 3.63) is 47.5 Å². The van der Waals surface area contributed by atoms with Crippen molar-refractivity contribution in [2.75, 3.05) is 6.61 Å². The van der Waals surface area contributed by atoms with Crippen LogP contribution in [0, 0.1) is 0 Å². The Hall–Kier alpha value is -2.60. The van der Waals surface area contributed by atoms with Crippen molar-refractivity contribution in [3.63, 3.8) is 0 Å². The number of hydrogen-bond acceptors (Lipinski definition) is 5. The van der Waals surface area contributed by atoms with Gasteiger partial charge in [0.05, 0.1) is 12.1 Å². The molecule has 0 bridgehead atoms. The molecule has 0 fully saturated rings. The van der Waals surface area contributed by atoms with E-state index in [9.17, 15) is 4.79 Å². The van der Waals surface area contributed by atoms with Gasteiger partial charge in [0.15, 0.2) is 5.75 Å². The van der Waals surface area contributed by atoms with Gasteiger partial charge in [-0.15, -0.1) is 0 Å². The van der Waals surface area contributed by atoms with E-state index in [1.807, 2.05) is 12.1 Å². The highest BCUT2D eigenvalue weighted by atomic mass is 35.5. The van der Waals surface area contributed by atoms with Crippen LogP contribution in [0.15, 0.2) is 36.5 Å². The maximum absolute atomic E-state index is 12.0. The first kappa shape index (κ1) is 15.3. The van der Waals surface area contributed by atoms with E-state index in [2.05, 4.69) is 9.97 Å². The van der Waals surface area contributed by atoms with E-state index >= 15 is 0 Å². The molecule has 118 valence electrons. The van der Waals surface area contributed by atoms with E-state index in [0.29, 0.717) is 23.9 Å². The molecule has 23 heavy (non-hydrogen) atoms. The van der Waals surface area contributed by atoms with Gasteiger partial charge in [-0.3, -0.25) is 0 Å². The van der Waals surface area contributed by atoms with Gasteiger partial charge in [0, 0.05) is 24.7 Å². The first-order valence-electron chi connectivity index (χ1n) is 7.02. The van der Waals surface area contributed by atoms with E-state index in [1.165, 1.54) is 6.20 Å². The van der Waals surface area contributed by atoms with Gasteiger partial charge >= 0.3 is 5.97 Å². The summed E-state index contributed by atoms with van der Waals surface area (Å²) in [6.07, 6.45) is 1.51. The zero-order valence-electron chi connectivity index (χ0n) is 12.6. The maximum Gasteiger partial charge on any atom is 0.354 e. The first-order valence-corrected chi connectivity index (χ1v) is 7.40. The number of nitrogens with zero attached hydrogens (tertiary/aromatic N) is 3. The molecular formula is C16H14ClN3O3. The molecule has 0 aliphatic heterocycles. The second-order valence-electron chi connectivity index (χ2n) is 4.77. The van der Waals surface area contributed by atoms with E-state index in [4.69, 9.17) is 21.1 Å². The number of para-hydroxylation sites is 1. The van der Waals surface area contributed by atoms with Crippen LogP contribution >= 0.6 is 11.6 Å². The largest absolute Gasteiger partial charge is 0.461 e. The van der Waals surface area contributed by atoms with Crippen LogP contribution in [-0.4, -0.2) is 27.1 Å². The molecule has 0 radical (unpaired) electrons. The number of aryl methyl sites for hydroxylation is 1. The third-order valence-corrected chi connectivity index (χ3v) is 3.50. The number of aromatic nitrogens is 3. The lowest BCUT2D eigenvalue weighted by molar-refractivity contribution is 0.0516. The van der Waals surface area contributed by atoms with E-state index < -0.39 is 0 Å². The predicted molar refractivity (Wildman–Crippen MR) is 86.0 cm³/mol. The Labute approximate surface area is 137 Å². The van der Waals surface area contributed by atoms with Gasteiger partial charge in [-0.1, -0.05) is 12.1 Å². The molecule has 0 N–H and O–H groups in total. The molecule has 0 aliphatic rings. The average Bonchev–Trinajstić information content (AvgIpc) is 2.86. The highest BCUT2D eigenvalue weighted by molar-refractivity contribution is 6.28. The van der Waals surface area contributed by atoms with Gasteiger partial charge in [0.2, 0.25) is 11.2 Å². The van der Waals surface area contributed by atoms with Gasteiger partial charge in [-0.05, 0) is 30.7 Å². The maximum atomic E-state index is 12.0. The van der Waals surface area contributed by atoms with Crippen LogP contribution in [0.2, 0.25) is 5.28 Å². The molecule has 0 aliphatic carbocycles. The minimum absolute atomic E-state index is 0.105. The van der Waals surface area contributed by atoms with E-state index in [-0.39, 0.29) is 11.3 Å². The van der Waals surface area contributed by atoms with Crippen LogP contribution in [0.4, 0.5) is 0 Å². The number of fused-ring (bicyclic) bond motifs is 1. The fourth-order valence-corrected chi connectivity index (χ4v) is 2.49. The summed E-state index contributed by atoms with van der Waals surface area (Å²) in [5.41, 5.74) is 1.23. The number of hydrogen-bond donors (Lipinski definition) is 0. The first-order chi connectivity index (χ1) is 11.1. The quantitative estimate of drug-likeness (QED) is 0.540. The van der Waals surface area contributed by atoms with E-state index in [1.54, 1.807) is 36.7 Å². The summed E-state index contributed by atoms with van der Waals surface area (Å²) >= 11 is 5.77. The molecule has 0 spiro atoms. The van der Waals surface area contributed by atoms with Crippen LogP contribution in [0.5, 0.6) is 11.6 Å². The van der Waals surface area contributed by atoms with Crippen molar-refractivity contribution in [1.29, 1.82) is 0 Å². The molecule has 6 nitrogen and oxygen atoms in total. The summed E-state index contributed by atoms with van der Waals surface area (Å²) in [5, 5.41) is 0.974. The summed E-state index contributed by atoms with van der Waals surface area (Å²) in [7, 11) is 1.79. The SMILES string of the molecule is CCOC(=O)c1cc2cccc(Oc3ccnc(Cl)n3)c2n1C. The van der Waals surface area contributed by atoms with Gasteiger partial charge in [0.1, 0.15) is 5.69 Å². The van der Waals surface area contributed by atoms with Crippen molar-refractivity contribution >= 4 is 28.5 Å². The van der Waals surface area contributed by atoms with Crippen molar-refractivity contribution < 1.29 is 14.3 Å². The lowest BCUT2D eigenvalue weighted by Crippen LogP contribution is -2.09. The summed E-state index contributed by atoms with van der Waals surface area (Å²) in [4.78, 5) is 19.9. The number of esters is 1. The van der Waals surface area contributed by atoms with Crippen molar-refractivity contribution in [2.45, 2.75) is 6.92 Å². The van der Waals surface area contributed by atoms with Gasteiger partial charge in [-0.25, -0.2) is 9.78 Å². The summed E-state index contributed by atoms with van der Waals surface area (Å²) < 4.78 is 12.6. The lowest BCUT2D eigenvalue weighted by atomic mass is 10.2. The van der Waals surface area contributed by atoms with Gasteiger partial charge < -0.3 is 14.0 Å². The van der Waals surface area contributed by atoms with Crippen LogP contribution in [0.3, 0.4) is 0 Å². The zero-order valence-corrected chi connectivity index (χ0v) is 13.4. The minimum Gasteiger partial charge on any atom is -0.461 e. The normalized spacial score (nSPS) is 10.7. The summed E-state index contributed by atoms with van der Waals surface area (Å²) in [5.74, 6) is 0.522. The van der Waals surface area contributed by atoms with Gasteiger partial charge in [-0.2, -0.15) is 4.98 Å². The number of benzene rings is 1. The molecule has 7 heteroatoms. The molecule has 1 aromatic carbocycles. The van der Waals surface area contributed by atoms with Crippen molar-refractivity contribution in [1.82, 2.24) is 14.5 Å². The summed E-state index contributed by atoms with van der Waals surface area (Å²) in [6.45, 7) is 2.09. The molecular weight excluding hydrogens is 318 g/mol. The number of carbonyl (C=O) groups excluding carboxylic acids is 1. The lowest BCUT2D eigenvalue weighted by Gasteiger charge is -2.09. The van der Waals surface area contributed by atoms with Crippen LogP contribution in [0.25, 0.3) is 10.9 Å². The molecule has 0 saturated carbocycles. The minimum atomic E-state index is -0.373. The zero-order chi connectivity index (χ0) is 16.4. The molecule has 2 aromatic heterocycles. The van der Waals surface area contributed by atoms with Crippen LogP contribution in [-0.2, 0) is 11.8 Å². The Morgan fingerprint density at radius 1 is 1.35 bits per heavy atom. The number of halogens is 1. The summed E-state index contributed by atoms with van der Waals surface area (Å²) in [6, 6.07) is 8.92. The molecule has 2 heterocycles. The standard InChI is InChI=1S/C16H14ClN3O3/c1-3-22-15(21)11-9-10-5-4-6-12(14(10)20(11)2)23-13-7-8-18-16(17)19-13/h4-9H,3H2,1-2H3. The van der Waals surface area contributed by atoms with Crippen molar-refractivity contribution in [2.24, 2.45) is 7.05 Å². The second kappa shape index (κ2) is 6.26. The predicted octanol–water partition coefficient (Wildman–Crippen LogP) is 3.59. The van der Waals surface area contributed by atoms with E-state index in [0.717, 1.165) is 10.9 Å². The van der Waals surface area contributed by atoms with Crippen LogP contribution in [0.1, 0.15) is 17.4 Å². The van der Waals surface area contributed by atoms with Gasteiger partial charge in [0.25, 0.3) is 0 Å². The molecule has 0 saturated heterocycles. The third-order valence-electron chi connectivity index (χ3n) is 3.32. The number of ether oxygens (including phenoxy) is 2. The van der Waals surface area contributed by atoms with Crippen molar-refractivity contribution in [3.8, 4) is 11.6 Å². The molecule has 3 aromatic rings. The Kier molecular flexibility index (Phi) is 4.16.